The lowest BCUT2D eigenvalue weighted by Gasteiger charge is -2.16. The van der Waals surface area contributed by atoms with Gasteiger partial charge >= 0.3 is 0 Å². The Morgan fingerprint density at radius 3 is 2.85 bits per heavy atom. The highest BCUT2D eigenvalue weighted by molar-refractivity contribution is 6.00. The van der Waals surface area contributed by atoms with E-state index in [1.165, 1.54) is 23.1 Å². The van der Waals surface area contributed by atoms with Crippen LogP contribution in [0.3, 0.4) is 0 Å². The standard InChI is InChI=1S/C14H16FN3O2/c1-9(2)16-17-14(20)10-6-13(19)18(8-10)12-5-3-4-11(15)7-12/h3-5,7,10H,6,8H2,1-2H3,(H,17,20). The molecule has 1 aromatic rings. The van der Waals surface area contributed by atoms with Gasteiger partial charge in [-0.15, -0.1) is 0 Å². The van der Waals surface area contributed by atoms with E-state index in [1.807, 2.05) is 0 Å². The Morgan fingerprint density at radius 2 is 2.20 bits per heavy atom. The summed E-state index contributed by atoms with van der Waals surface area (Å²) in [4.78, 5) is 25.2. The molecule has 0 aromatic heterocycles. The molecule has 1 aliphatic heterocycles. The molecule has 1 saturated heterocycles. The Balaban J connectivity index is 2.07. The number of amides is 2. The topological polar surface area (TPSA) is 61.8 Å². The molecule has 1 fully saturated rings. The molecule has 2 amide bonds. The predicted molar refractivity (Wildman–Crippen MR) is 73.8 cm³/mol. The van der Waals surface area contributed by atoms with E-state index < -0.39 is 11.7 Å². The van der Waals surface area contributed by atoms with Crippen molar-refractivity contribution in [3.8, 4) is 0 Å². The van der Waals surface area contributed by atoms with Crippen molar-refractivity contribution >= 4 is 23.2 Å². The Labute approximate surface area is 116 Å². The lowest BCUT2D eigenvalue weighted by molar-refractivity contribution is -0.126. The Hall–Kier alpha value is -2.24. The summed E-state index contributed by atoms with van der Waals surface area (Å²) < 4.78 is 13.2. The summed E-state index contributed by atoms with van der Waals surface area (Å²) in [5.74, 6) is -1.35. The summed E-state index contributed by atoms with van der Waals surface area (Å²) in [5.41, 5.74) is 3.62. The monoisotopic (exact) mass is 277 g/mol. The van der Waals surface area contributed by atoms with Crippen LogP contribution in [0.4, 0.5) is 10.1 Å². The fourth-order valence-corrected chi connectivity index (χ4v) is 2.03. The molecule has 1 aliphatic rings. The van der Waals surface area contributed by atoms with Crippen LogP contribution in [-0.4, -0.2) is 24.1 Å². The van der Waals surface area contributed by atoms with Crippen LogP contribution in [-0.2, 0) is 9.59 Å². The van der Waals surface area contributed by atoms with Gasteiger partial charge in [-0.1, -0.05) is 6.07 Å². The van der Waals surface area contributed by atoms with Gasteiger partial charge in [-0.2, -0.15) is 5.10 Å². The zero-order valence-corrected chi connectivity index (χ0v) is 11.4. The number of halogens is 1. The number of rotatable bonds is 3. The second-order valence-electron chi connectivity index (χ2n) is 4.92. The molecule has 0 spiro atoms. The summed E-state index contributed by atoms with van der Waals surface area (Å²) >= 11 is 0. The number of benzene rings is 1. The van der Waals surface area contributed by atoms with Crippen LogP contribution in [0.5, 0.6) is 0 Å². The zero-order valence-electron chi connectivity index (χ0n) is 11.4. The Kier molecular flexibility index (Phi) is 4.12. The van der Waals surface area contributed by atoms with Crippen LogP contribution in [0.2, 0.25) is 0 Å². The van der Waals surface area contributed by atoms with Gasteiger partial charge < -0.3 is 4.90 Å². The lowest BCUT2D eigenvalue weighted by atomic mass is 10.1. The fraction of sp³-hybridized carbons (Fsp3) is 0.357. The van der Waals surface area contributed by atoms with Crippen molar-refractivity contribution in [2.75, 3.05) is 11.4 Å². The molecule has 106 valence electrons. The van der Waals surface area contributed by atoms with Crippen LogP contribution in [0, 0.1) is 11.7 Å². The largest absolute Gasteiger partial charge is 0.311 e. The van der Waals surface area contributed by atoms with Gasteiger partial charge in [-0.25, -0.2) is 9.82 Å². The van der Waals surface area contributed by atoms with E-state index in [-0.39, 0.29) is 24.8 Å². The predicted octanol–water partition coefficient (Wildman–Crippen LogP) is 1.69. The van der Waals surface area contributed by atoms with Crippen LogP contribution in [0.1, 0.15) is 20.3 Å². The van der Waals surface area contributed by atoms with Crippen molar-refractivity contribution in [2.45, 2.75) is 20.3 Å². The quantitative estimate of drug-likeness (QED) is 0.675. The third-order valence-corrected chi connectivity index (χ3v) is 3.01. The highest BCUT2D eigenvalue weighted by atomic mass is 19.1. The minimum atomic E-state index is -0.464. The number of hydrogen-bond donors (Lipinski definition) is 1. The molecular formula is C14H16FN3O2. The van der Waals surface area contributed by atoms with Gasteiger partial charge in [-0.3, -0.25) is 9.59 Å². The number of hydrogen-bond acceptors (Lipinski definition) is 3. The highest BCUT2D eigenvalue weighted by Crippen LogP contribution is 2.25. The summed E-state index contributed by atoms with van der Waals surface area (Å²) in [6.45, 7) is 3.77. The number of nitrogens with one attached hydrogen (secondary N) is 1. The summed E-state index contributed by atoms with van der Waals surface area (Å²) in [7, 11) is 0. The second kappa shape index (κ2) is 5.81. The van der Waals surface area contributed by atoms with E-state index in [1.54, 1.807) is 19.9 Å². The van der Waals surface area contributed by atoms with Crippen LogP contribution in [0.25, 0.3) is 0 Å². The Morgan fingerprint density at radius 1 is 1.45 bits per heavy atom. The summed E-state index contributed by atoms with van der Waals surface area (Å²) in [6, 6.07) is 5.78. The van der Waals surface area contributed by atoms with E-state index in [4.69, 9.17) is 0 Å². The molecule has 0 radical (unpaired) electrons. The molecule has 0 bridgehead atoms. The molecule has 1 aromatic carbocycles. The number of nitrogens with zero attached hydrogens (tertiary/aromatic N) is 2. The maximum atomic E-state index is 13.2. The van der Waals surface area contributed by atoms with Gasteiger partial charge in [0.25, 0.3) is 0 Å². The average Bonchev–Trinajstić information content (AvgIpc) is 2.78. The van der Waals surface area contributed by atoms with Crippen molar-refractivity contribution in [1.82, 2.24) is 5.43 Å². The molecule has 1 atom stereocenters. The Bertz CT molecular complexity index is 567. The van der Waals surface area contributed by atoms with E-state index in [0.29, 0.717) is 5.69 Å². The number of hydrazone groups is 1. The molecule has 1 unspecified atom stereocenters. The van der Waals surface area contributed by atoms with Gasteiger partial charge in [0, 0.05) is 24.4 Å². The first-order valence-corrected chi connectivity index (χ1v) is 6.34. The molecule has 5 nitrogen and oxygen atoms in total. The smallest absolute Gasteiger partial charge is 0.245 e. The molecular weight excluding hydrogens is 261 g/mol. The van der Waals surface area contributed by atoms with Crippen LogP contribution < -0.4 is 10.3 Å². The molecule has 0 aliphatic carbocycles. The van der Waals surface area contributed by atoms with E-state index in [9.17, 15) is 14.0 Å². The van der Waals surface area contributed by atoms with Gasteiger partial charge in [0.1, 0.15) is 5.82 Å². The fourth-order valence-electron chi connectivity index (χ4n) is 2.03. The lowest BCUT2D eigenvalue weighted by Crippen LogP contribution is -2.30. The van der Waals surface area contributed by atoms with Crippen molar-refractivity contribution in [3.05, 3.63) is 30.1 Å². The van der Waals surface area contributed by atoms with Gasteiger partial charge in [0.2, 0.25) is 11.8 Å². The van der Waals surface area contributed by atoms with E-state index in [0.717, 1.165) is 5.71 Å². The van der Waals surface area contributed by atoms with Gasteiger partial charge in [0.05, 0.1) is 5.92 Å². The van der Waals surface area contributed by atoms with Crippen molar-refractivity contribution in [2.24, 2.45) is 11.0 Å². The highest BCUT2D eigenvalue weighted by Gasteiger charge is 2.35. The third-order valence-electron chi connectivity index (χ3n) is 3.01. The van der Waals surface area contributed by atoms with Gasteiger partial charge in [0.15, 0.2) is 0 Å². The van der Waals surface area contributed by atoms with Crippen molar-refractivity contribution < 1.29 is 14.0 Å². The molecule has 20 heavy (non-hydrogen) atoms. The summed E-state index contributed by atoms with van der Waals surface area (Å²) in [6.07, 6.45) is 0.112. The van der Waals surface area contributed by atoms with Crippen LogP contribution in [0.15, 0.2) is 29.4 Å². The van der Waals surface area contributed by atoms with Gasteiger partial charge in [-0.05, 0) is 32.0 Å². The average molecular weight is 277 g/mol. The van der Waals surface area contributed by atoms with E-state index in [2.05, 4.69) is 10.5 Å². The first kappa shape index (κ1) is 14.2. The molecule has 2 rings (SSSR count). The maximum absolute atomic E-state index is 13.2. The molecule has 1 heterocycles. The van der Waals surface area contributed by atoms with Crippen LogP contribution >= 0.6 is 0 Å². The first-order valence-electron chi connectivity index (χ1n) is 6.34. The zero-order chi connectivity index (χ0) is 14.7. The minimum absolute atomic E-state index is 0.112. The van der Waals surface area contributed by atoms with Crippen molar-refractivity contribution in [1.29, 1.82) is 0 Å². The first-order chi connectivity index (χ1) is 9.47. The minimum Gasteiger partial charge on any atom is -0.311 e. The number of carbonyl (C=O) groups is 2. The molecule has 1 N–H and O–H groups in total. The maximum Gasteiger partial charge on any atom is 0.245 e. The third kappa shape index (κ3) is 3.20. The SMILES string of the molecule is CC(C)=NNC(=O)C1CC(=O)N(c2cccc(F)c2)C1. The van der Waals surface area contributed by atoms with Crippen molar-refractivity contribution in [3.63, 3.8) is 0 Å². The molecule has 6 heteroatoms. The molecule has 0 saturated carbocycles. The normalized spacial score (nSPS) is 18.1. The number of carbonyl (C=O) groups excluding carboxylic acids is 2. The summed E-state index contributed by atoms with van der Waals surface area (Å²) in [5, 5.41) is 3.83. The second-order valence-corrected chi connectivity index (χ2v) is 4.92. The van der Waals surface area contributed by atoms with E-state index >= 15 is 0 Å². The number of anilines is 1.